The number of hydrogen-bond donors (Lipinski definition) is 1. The summed E-state index contributed by atoms with van der Waals surface area (Å²) in [5.41, 5.74) is 0.875. The Morgan fingerprint density at radius 2 is 1.88 bits per heavy atom. The molecule has 2 amide bonds. The molecule has 1 aliphatic heterocycles. The van der Waals surface area contributed by atoms with Crippen molar-refractivity contribution in [3.8, 4) is 0 Å². The molecule has 26 heavy (non-hydrogen) atoms. The molecule has 0 unspecified atom stereocenters. The molecule has 2 fully saturated rings. The first kappa shape index (κ1) is 18.4. The van der Waals surface area contributed by atoms with E-state index in [1.54, 1.807) is 36.1 Å². The Labute approximate surface area is 153 Å². The number of esters is 1. The van der Waals surface area contributed by atoms with Gasteiger partial charge in [-0.3, -0.25) is 9.59 Å². The first-order chi connectivity index (χ1) is 12.6. The second-order valence-electron chi connectivity index (χ2n) is 7.06. The zero-order valence-corrected chi connectivity index (χ0v) is 15.2. The molecule has 1 aromatic carbocycles. The molecule has 6 nitrogen and oxygen atoms in total. The van der Waals surface area contributed by atoms with Crippen LogP contribution in [0.1, 0.15) is 62.2 Å². The molecule has 140 valence electrons. The van der Waals surface area contributed by atoms with Crippen LogP contribution in [0.25, 0.3) is 0 Å². The lowest BCUT2D eigenvalue weighted by Gasteiger charge is -2.24. The second kappa shape index (κ2) is 8.34. The molecular weight excluding hydrogens is 332 g/mol. The van der Waals surface area contributed by atoms with Gasteiger partial charge in [-0.05, 0) is 38.3 Å². The number of amides is 2. The SMILES string of the molecule is C[C@@H](OC(=O)c1ccccc1N1CCCC1=O)C(=O)NC1CCCCC1. The Morgan fingerprint density at radius 1 is 1.15 bits per heavy atom. The molecule has 1 atom stereocenters. The van der Waals surface area contributed by atoms with Crippen molar-refractivity contribution >= 4 is 23.5 Å². The Kier molecular flexibility index (Phi) is 5.91. The Hall–Kier alpha value is -2.37. The van der Waals surface area contributed by atoms with E-state index in [4.69, 9.17) is 4.74 Å². The van der Waals surface area contributed by atoms with Crippen LogP contribution in [0.15, 0.2) is 24.3 Å². The van der Waals surface area contributed by atoms with E-state index in [2.05, 4.69) is 5.32 Å². The lowest BCUT2D eigenvalue weighted by molar-refractivity contribution is -0.130. The van der Waals surface area contributed by atoms with Crippen molar-refractivity contribution in [3.05, 3.63) is 29.8 Å². The maximum absolute atomic E-state index is 12.6. The van der Waals surface area contributed by atoms with Gasteiger partial charge in [0.05, 0.1) is 11.3 Å². The van der Waals surface area contributed by atoms with Crippen LogP contribution >= 0.6 is 0 Å². The van der Waals surface area contributed by atoms with E-state index in [-0.39, 0.29) is 17.9 Å². The molecule has 1 heterocycles. The van der Waals surface area contributed by atoms with Gasteiger partial charge < -0.3 is 15.0 Å². The molecule has 0 spiro atoms. The minimum atomic E-state index is -0.869. The van der Waals surface area contributed by atoms with Gasteiger partial charge in [-0.25, -0.2) is 4.79 Å². The number of carbonyl (C=O) groups is 3. The molecule has 0 radical (unpaired) electrons. The quantitative estimate of drug-likeness (QED) is 0.821. The number of ether oxygens (including phenoxy) is 1. The van der Waals surface area contributed by atoms with Crippen molar-refractivity contribution in [2.45, 2.75) is 64.0 Å². The number of nitrogens with one attached hydrogen (secondary N) is 1. The van der Waals surface area contributed by atoms with E-state index in [9.17, 15) is 14.4 Å². The maximum atomic E-state index is 12.6. The molecule has 0 bridgehead atoms. The average Bonchev–Trinajstić information content (AvgIpc) is 3.08. The van der Waals surface area contributed by atoms with Gasteiger partial charge in [-0.2, -0.15) is 0 Å². The zero-order valence-electron chi connectivity index (χ0n) is 15.2. The highest BCUT2D eigenvalue weighted by Crippen LogP contribution is 2.26. The summed E-state index contributed by atoms with van der Waals surface area (Å²) >= 11 is 0. The summed E-state index contributed by atoms with van der Waals surface area (Å²) in [6.07, 6.45) is 5.81. The lowest BCUT2D eigenvalue weighted by atomic mass is 9.95. The van der Waals surface area contributed by atoms with E-state index < -0.39 is 12.1 Å². The highest BCUT2D eigenvalue weighted by atomic mass is 16.5. The van der Waals surface area contributed by atoms with Gasteiger partial charge in [-0.1, -0.05) is 31.4 Å². The summed E-state index contributed by atoms with van der Waals surface area (Å²) in [7, 11) is 0. The van der Waals surface area contributed by atoms with Crippen LogP contribution in [0.4, 0.5) is 5.69 Å². The molecule has 1 aromatic rings. The van der Waals surface area contributed by atoms with Gasteiger partial charge in [0.15, 0.2) is 6.10 Å². The predicted octanol–water partition coefficient (Wildman–Crippen LogP) is 2.81. The van der Waals surface area contributed by atoms with Crippen LogP contribution in [-0.4, -0.2) is 36.5 Å². The molecule has 1 saturated heterocycles. The number of para-hydroxylation sites is 1. The average molecular weight is 358 g/mol. The number of rotatable bonds is 5. The molecule has 3 rings (SSSR count). The first-order valence-electron chi connectivity index (χ1n) is 9.47. The normalized spacial score (nSPS) is 19.3. The monoisotopic (exact) mass is 358 g/mol. The third-order valence-electron chi connectivity index (χ3n) is 5.09. The molecule has 1 aliphatic carbocycles. The number of benzene rings is 1. The van der Waals surface area contributed by atoms with Crippen LogP contribution in [0.2, 0.25) is 0 Å². The maximum Gasteiger partial charge on any atom is 0.341 e. The summed E-state index contributed by atoms with van der Waals surface area (Å²) in [5.74, 6) is -0.833. The highest BCUT2D eigenvalue weighted by molar-refractivity contribution is 6.04. The van der Waals surface area contributed by atoms with Crippen molar-refractivity contribution < 1.29 is 19.1 Å². The third kappa shape index (κ3) is 4.23. The van der Waals surface area contributed by atoms with Crippen LogP contribution in [0.5, 0.6) is 0 Å². The predicted molar refractivity (Wildman–Crippen MR) is 97.9 cm³/mol. The van der Waals surface area contributed by atoms with Crippen molar-refractivity contribution in [2.75, 3.05) is 11.4 Å². The first-order valence-corrected chi connectivity index (χ1v) is 9.47. The summed E-state index contributed by atoms with van der Waals surface area (Å²) in [5, 5.41) is 2.97. The van der Waals surface area contributed by atoms with E-state index in [1.165, 1.54) is 6.42 Å². The third-order valence-corrected chi connectivity index (χ3v) is 5.09. The van der Waals surface area contributed by atoms with E-state index in [1.807, 2.05) is 0 Å². The van der Waals surface area contributed by atoms with Gasteiger partial charge in [0.25, 0.3) is 5.91 Å². The number of carbonyl (C=O) groups excluding carboxylic acids is 3. The summed E-state index contributed by atoms with van der Waals surface area (Å²) in [6, 6.07) is 7.07. The van der Waals surface area contributed by atoms with Crippen LogP contribution in [0.3, 0.4) is 0 Å². The molecule has 2 aliphatic rings. The minimum absolute atomic E-state index is 0.00772. The van der Waals surface area contributed by atoms with Gasteiger partial charge in [-0.15, -0.1) is 0 Å². The van der Waals surface area contributed by atoms with Crippen LogP contribution in [-0.2, 0) is 14.3 Å². The van der Waals surface area contributed by atoms with E-state index >= 15 is 0 Å². The van der Waals surface area contributed by atoms with Crippen LogP contribution in [0, 0.1) is 0 Å². The Morgan fingerprint density at radius 3 is 2.58 bits per heavy atom. The van der Waals surface area contributed by atoms with Crippen molar-refractivity contribution in [2.24, 2.45) is 0 Å². The summed E-state index contributed by atoms with van der Waals surface area (Å²) in [4.78, 5) is 38.5. The summed E-state index contributed by atoms with van der Waals surface area (Å²) < 4.78 is 5.39. The Bertz CT molecular complexity index is 682. The van der Waals surface area contributed by atoms with Crippen molar-refractivity contribution in [1.29, 1.82) is 0 Å². The molecule has 6 heteroatoms. The van der Waals surface area contributed by atoms with Gasteiger partial charge in [0, 0.05) is 19.0 Å². The lowest BCUT2D eigenvalue weighted by Crippen LogP contribution is -2.42. The Balaban J connectivity index is 1.64. The van der Waals surface area contributed by atoms with Crippen LogP contribution < -0.4 is 10.2 Å². The van der Waals surface area contributed by atoms with E-state index in [0.717, 1.165) is 32.1 Å². The molecule has 1 saturated carbocycles. The molecular formula is C20H26N2O4. The van der Waals surface area contributed by atoms with Gasteiger partial charge in [0.2, 0.25) is 5.91 Å². The number of anilines is 1. The second-order valence-corrected chi connectivity index (χ2v) is 7.06. The standard InChI is InChI=1S/C20H26N2O4/c1-14(19(24)21-15-8-3-2-4-9-15)26-20(25)16-10-5-6-11-17(16)22-13-7-12-18(22)23/h5-6,10-11,14-15H,2-4,7-9,12-13H2,1H3,(H,21,24)/t14-/m1/s1. The van der Waals surface area contributed by atoms with E-state index in [0.29, 0.717) is 24.2 Å². The number of nitrogens with zero attached hydrogens (tertiary/aromatic N) is 1. The smallest absolute Gasteiger partial charge is 0.341 e. The summed E-state index contributed by atoms with van der Waals surface area (Å²) in [6.45, 7) is 2.18. The van der Waals surface area contributed by atoms with Crippen molar-refractivity contribution in [3.63, 3.8) is 0 Å². The number of hydrogen-bond acceptors (Lipinski definition) is 4. The molecule has 1 N–H and O–H groups in total. The zero-order chi connectivity index (χ0) is 18.5. The fraction of sp³-hybridized carbons (Fsp3) is 0.550. The fourth-order valence-corrected chi connectivity index (χ4v) is 3.63. The van der Waals surface area contributed by atoms with Gasteiger partial charge >= 0.3 is 5.97 Å². The highest BCUT2D eigenvalue weighted by Gasteiger charge is 2.28. The molecule has 0 aromatic heterocycles. The topological polar surface area (TPSA) is 75.7 Å². The van der Waals surface area contributed by atoms with Gasteiger partial charge in [0.1, 0.15) is 0 Å². The fourth-order valence-electron chi connectivity index (χ4n) is 3.63. The van der Waals surface area contributed by atoms with Crippen molar-refractivity contribution in [1.82, 2.24) is 5.32 Å². The minimum Gasteiger partial charge on any atom is -0.449 e. The largest absolute Gasteiger partial charge is 0.449 e.